The quantitative estimate of drug-likeness (QED) is 0.792. The van der Waals surface area contributed by atoms with Crippen molar-refractivity contribution >= 4 is 35.1 Å². The van der Waals surface area contributed by atoms with E-state index >= 15 is 0 Å². The Kier molecular flexibility index (Phi) is 6.57. The highest BCUT2D eigenvalue weighted by atomic mass is 35.5. The molecule has 84 valence electrons. The molecule has 1 rings (SSSR count). The molecule has 0 aromatic heterocycles. The first-order valence-electron chi connectivity index (χ1n) is 4.86. The molecule has 0 aliphatic carbocycles. The van der Waals surface area contributed by atoms with E-state index in [9.17, 15) is 5.11 Å². The lowest BCUT2D eigenvalue weighted by Crippen LogP contribution is -2.13. The Morgan fingerprint density at radius 1 is 1.40 bits per heavy atom. The van der Waals surface area contributed by atoms with Crippen molar-refractivity contribution < 1.29 is 5.11 Å². The number of hydrogen-bond donors (Lipinski definition) is 1. The average Bonchev–Trinajstić information content (AvgIpc) is 2.23. The molecule has 1 atom stereocenters. The van der Waals surface area contributed by atoms with E-state index in [1.807, 2.05) is 24.3 Å². The lowest BCUT2D eigenvalue weighted by molar-refractivity contribution is 0.225. The molecule has 0 radical (unpaired) electrons. The maximum absolute atomic E-state index is 9.64. The zero-order valence-corrected chi connectivity index (χ0v) is 11.0. The minimum absolute atomic E-state index is 0.237. The van der Waals surface area contributed by atoms with E-state index in [-0.39, 0.29) is 6.10 Å². The molecule has 0 amide bonds. The zero-order valence-electron chi connectivity index (χ0n) is 8.65. The van der Waals surface area contributed by atoms with Crippen LogP contribution in [0.3, 0.4) is 0 Å². The maximum Gasteiger partial charge on any atom is 0.0724 e. The van der Waals surface area contributed by atoms with Gasteiger partial charge in [-0.1, -0.05) is 24.6 Å². The maximum atomic E-state index is 9.64. The van der Waals surface area contributed by atoms with Crippen LogP contribution in [0.2, 0.25) is 5.02 Å². The first-order valence-corrected chi connectivity index (χ1v) is 7.38. The predicted octanol–water partition coefficient (Wildman–Crippen LogP) is 3.55. The molecule has 4 heteroatoms. The van der Waals surface area contributed by atoms with Crippen molar-refractivity contribution in [3.05, 3.63) is 29.3 Å². The van der Waals surface area contributed by atoms with Crippen molar-refractivity contribution in [2.45, 2.75) is 17.9 Å². The number of benzene rings is 1. The van der Waals surface area contributed by atoms with Crippen molar-refractivity contribution in [1.82, 2.24) is 0 Å². The minimum atomic E-state index is -0.237. The predicted molar refractivity (Wildman–Crippen MR) is 71.2 cm³/mol. The van der Waals surface area contributed by atoms with E-state index in [1.54, 1.807) is 23.5 Å². The molecular weight excluding hydrogens is 248 g/mol. The summed E-state index contributed by atoms with van der Waals surface area (Å²) in [5, 5.41) is 10.4. The summed E-state index contributed by atoms with van der Waals surface area (Å²) in [6.07, 6.45) is -0.237. The van der Waals surface area contributed by atoms with Crippen LogP contribution in [0, 0.1) is 0 Å². The van der Waals surface area contributed by atoms with Crippen LogP contribution in [0.15, 0.2) is 29.2 Å². The fraction of sp³-hybridized carbons (Fsp3) is 0.455. The molecule has 0 fully saturated rings. The third-order valence-electron chi connectivity index (χ3n) is 1.75. The van der Waals surface area contributed by atoms with Crippen LogP contribution in [0.1, 0.15) is 6.92 Å². The van der Waals surface area contributed by atoms with Gasteiger partial charge >= 0.3 is 0 Å². The summed E-state index contributed by atoms with van der Waals surface area (Å²) >= 11 is 9.27. The molecule has 0 aliphatic rings. The molecule has 1 N–H and O–H groups in total. The molecule has 0 spiro atoms. The molecule has 0 heterocycles. The van der Waals surface area contributed by atoms with E-state index in [2.05, 4.69) is 6.92 Å². The van der Waals surface area contributed by atoms with E-state index in [1.165, 1.54) is 0 Å². The number of thioether (sulfide) groups is 2. The Morgan fingerprint density at radius 2 is 2.20 bits per heavy atom. The number of halogens is 1. The number of rotatable bonds is 6. The number of aliphatic hydroxyl groups is 1. The van der Waals surface area contributed by atoms with Gasteiger partial charge in [-0.3, -0.25) is 0 Å². The Hall–Kier alpha value is 0.170. The van der Waals surface area contributed by atoms with Crippen LogP contribution < -0.4 is 0 Å². The van der Waals surface area contributed by atoms with E-state index in [0.717, 1.165) is 27.2 Å². The van der Waals surface area contributed by atoms with Gasteiger partial charge in [0.15, 0.2) is 0 Å². The summed E-state index contributed by atoms with van der Waals surface area (Å²) in [5.41, 5.74) is 0. The lowest BCUT2D eigenvalue weighted by atomic mass is 10.4. The molecule has 0 saturated carbocycles. The zero-order chi connectivity index (χ0) is 11.1. The smallest absolute Gasteiger partial charge is 0.0724 e. The average molecular weight is 263 g/mol. The van der Waals surface area contributed by atoms with Gasteiger partial charge in [0.2, 0.25) is 0 Å². The van der Waals surface area contributed by atoms with Crippen LogP contribution in [-0.2, 0) is 0 Å². The van der Waals surface area contributed by atoms with Crippen molar-refractivity contribution in [3.63, 3.8) is 0 Å². The summed E-state index contributed by atoms with van der Waals surface area (Å²) in [7, 11) is 0. The molecule has 15 heavy (non-hydrogen) atoms. The molecule has 0 saturated heterocycles. The van der Waals surface area contributed by atoms with Crippen LogP contribution in [0.4, 0.5) is 0 Å². The summed E-state index contributed by atoms with van der Waals surface area (Å²) < 4.78 is 0. The fourth-order valence-electron chi connectivity index (χ4n) is 1.05. The topological polar surface area (TPSA) is 20.2 Å². The van der Waals surface area contributed by atoms with Gasteiger partial charge in [0.1, 0.15) is 0 Å². The van der Waals surface area contributed by atoms with E-state index in [0.29, 0.717) is 0 Å². The van der Waals surface area contributed by atoms with Crippen molar-refractivity contribution in [3.8, 4) is 0 Å². The summed E-state index contributed by atoms with van der Waals surface area (Å²) in [4.78, 5) is 1.11. The van der Waals surface area contributed by atoms with Crippen LogP contribution in [-0.4, -0.2) is 28.5 Å². The highest BCUT2D eigenvalue weighted by molar-refractivity contribution is 8.00. The Labute approximate surface area is 105 Å². The van der Waals surface area contributed by atoms with Gasteiger partial charge in [0.25, 0.3) is 0 Å². The second-order valence-electron chi connectivity index (χ2n) is 3.08. The van der Waals surface area contributed by atoms with Crippen LogP contribution >= 0.6 is 35.1 Å². The number of aliphatic hydroxyl groups excluding tert-OH is 1. The van der Waals surface area contributed by atoms with Gasteiger partial charge in [-0.2, -0.15) is 11.8 Å². The first-order chi connectivity index (χ1) is 7.22. The molecule has 0 bridgehead atoms. The van der Waals surface area contributed by atoms with Gasteiger partial charge in [-0.05, 0) is 24.0 Å². The lowest BCUT2D eigenvalue weighted by Gasteiger charge is -2.09. The van der Waals surface area contributed by atoms with E-state index < -0.39 is 0 Å². The Balaban J connectivity index is 2.30. The van der Waals surface area contributed by atoms with Crippen molar-refractivity contribution in [2.75, 3.05) is 17.3 Å². The monoisotopic (exact) mass is 262 g/mol. The minimum Gasteiger partial charge on any atom is -0.391 e. The molecule has 0 aliphatic heterocycles. The molecule has 1 nitrogen and oxygen atoms in total. The Bertz CT molecular complexity index is 294. The highest BCUT2D eigenvalue weighted by Crippen LogP contribution is 2.22. The van der Waals surface area contributed by atoms with Gasteiger partial charge in [-0.15, -0.1) is 11.8 Å². The largest absolute Gasteiger partial charge is 0.391 e. The third kappa shape index (κ3) is 5.71. The van der Waals surface area contributed by atoms with Gasteiger partial charge < -0.3 is 5.11 Å². The standard InChI is InChI=1S/C11H15ClOS2/c1-2-14-7-10(13)8-15-11-5-3-4-9(12)6-11/h3-6,10,13H,2,7-8H2,1H3. The van der Waals surface area contributed by atoms with Crippen LogP contribution in [0.5, 0.6) is 0 Å². The van der Waals surface area contributed by atoms with Gasteiger partial charge in [0, 0.05) is 21.4 Å². The van der Waals surface area contributed by atoms with Crippen LogP contribution in [0.25, 0.3) is 0 Å². The van der Waals surface area contributed by atoms with Gasteiger partial charge in [0.05, 0.1) is 6.10 Å². The summed E-state index contributed by atoms with van der Waals surface area (Å²) in [6.45, 7) is 2.10. The molecule has 1 aromatic rings. The van der Waals surface area contributed by atoms with E-state index in [4.69, 9.17) is 11.6 Å². The van der Waals surface area contributed by atoms with Gasteiger partial charge in [-0.25, -0.2) is 0 Å². The summed E-state index contributed by atoms with van der Waals surface area (Å²) in [5.74, 6) is 2.59. The third-order valence-corrected chi connectivity index (χ3v) is 4.16. The highest BCUT2D eigenvalue weighted by Gasteiger charge is 2.04. The van der Waals surface area contributed by atoms with Crippen molar-refractivity contribution in [2.24, 2.45) is 0 Å². The normalized spacial score (nSPS) is 12.7. The summed E-state index contributed by atoms with van der Waals surface area (Å²) in [6, 6.07) is 7.72. The first kappa shape index (κ1) is 13.2. The Morgan fingerprint density at radius 3 is 2.87 bits per heavy atom. The number of hydrogen-bond acceptors (Lipinski definition) is 3. The molecule has 1 aromatic carbocycles. The second-order valence-corrected chi connectivity index (χ2v) is 5.93. The SMILES string of the molecule is CCSCC(O)CSc1cccc(Cl)c1. The fourth-order valence-corrected chi connectivity index (χ4v) is 2.97. The molecule has 1 unspecified atom stereocenters. The van der Waals surface area contributed by atoms with Crippen molar-refractivity contribution in [1.29, 1.82) is 0 Å². The molecular formula is C11H15ClOS2. The second kappa shape index (κ2) is 7.44.